The zero-order valence-corrected chi connectivity index (χ0v) is 22.2. The van der Waals surface area contributed by atoms with Crippen molar-refractivity contribution in [1.29, 1.82) is 0 Å². The molecule has 2 aromatic heterocycles. The van der Waals surface area contributed by atoms with Crippen LogP contribution in [-0.4, -0.2) is 65.7 Å². The Labute approximate surface area is 212 Å². The van der Waals surface area contributed by atoms with Gasteiger partial charge < -0.3 is 14.8 Å². The van der Waals surface area contributed by atoms with Gasteiger partial charge in [-0.05, 0) is 57.5 Å². The number of sulfone groups is 1. The lowest BCUT2D eigenvalue weighted by Crippen LogP contribution is -2.29. The average Bonchev–Trinajstić information content (AvgIpc) is 3.30. The van der Waals surface area contributed by atoms with Gasteiger partial charge in [0.1, 0.15) is 34.6 Å². The fourth-order valence-electron chi connectivity index (χ4n) is 4.53. The lowest BCUT2D eigenvalue weighted by Gasteiger charge is -2.25. The van der Waals surface area contributed by atoms with E-state index in [1.807, 2.05) is 36.6 Å². The maximum atomic E-state index is 13.7. The minimum absolute atomic E-state index is 0.127. The highest BCUT2D eigenvalue weighted by atomic mass is 32.2. The predicted molar refractivity (Wildman–Crippen MR) is 137 cm³/mol. The van der Waals surface area contributed by atoms with E-state index >= 15 is 0 Å². The Morgan fingerprint density at radius 3 is 2.25 bits per heavy atom. The summed E-state index contributed by atoms with van der Waals surface area (Å²) in [5, 5.41) is 11.5. The lowest BCUT2D eigenvalue weighted by atomic mass is 9.97. The molecule has 36 heavy (non-hydrogen) atoms. The Morgan fingerprint density at radius 2 is 1.67 bits per heavy atom. The normalized spacial score (nSPS) is 16.5. The Kier molecular flexibility index (Phi) is 7.89. The number of hydrogen-bond donors (Lipinski definition) is 1. The van der Waals surface area contributed by atoms with Crippen LogP contribution in [0.3, 0.4) is 0 Å². The molecule has 1 aliphatic rings. The van der Waals surface area contributed by atoms with Gasteiger partial charge in [-0.15, -0.1) is 10.2 Å². The molecule has 0 saturated carbocycles. The van der Waals surface area contributed by atoms with Crippen molar-refractivity contribution in [1.82, 2.24) is 30.0 Å². The van der Waals surface area contributed by atoms with Crippen molar-refractivity contribution < 1.29 is 17.9 Å². The number of nitrogens with zero attached hydrogens (tertiary/aromatic N) is 5. The Morgan fingerprint density at radius 1 is 1.06 bits per heavy atom. The Hall–Kier alpha value is -3.05. The molecular weight excluding hydrogens is 480 g/mol. The van der Waals surface area contributed by atoms with Crippen LogP contribution in [0.25, 0.3) is 5.69 Å². The molecule has 1 aromatic carbocycles. The van der Waals surface area contributed by atoms with Gasteiger partial charge in [-0.1, -0.05) is 13.0 Å². The van der Waals surface area contributed by atoms with Crippen molar-refractivity contribution in [2.24, 2.45) is 0 Å². The zero-order chi connectivity index (χ0) is 25.9. The van der Waals surface area contributed by atoms with E-state index in [-0.39, 0.29) is 11.7 Å². The third kappa shape index (κ3) is 5.22. The van der Waals surface area contributed by atoms with Gasteiger partial charge in [-0.25, -0.2) is 18.4 Å². The summed E-state index contributed by atoms with van der Waals surface area (Å²) < 4.78 is 40.4. The van der Waals surface area contributed by atoms with Crippen molar-refractivity contribution in [2.75, 3.05) is 27.3 Å². The van der Waals surface area contributed by atoms with Crippen molar-refractivity contribution in [3.05, 3.63) is 53.6 Å². The molecule has 1 saturated heterocycles. The van der Waals surface area contributed by atoms with Gasteiger partial charge in [-0.2, -0.15) is 0 Å². The number of aryl methyl sites for hydroxylation is 1. The third-order valence-corrected chi connectivity index (χ3v) is 9.10. The lowest BCUT2D eigenvalue weighted by molar-refractivity contribution is 0.387. The standard InChI is InChI=1S/C25H34N6O4S/c1-16-13-27-24(28-14-16)17(2)18(3)36(32,33)15-22-29-30-25(19-9-11-26-12-10-19)31(22)23-20(34-4)7-6-8-21(23)35-5/h6-8,13-14,17-19,26H,9-12,15H2,1-5H3/t17-,18-/m0/s1. The quantitative estimate of drug-likeness (QED) is 0.459. The number of benzene rings is 1. The van der Waals surface area contributed by atoms with E-state index in [9.17, 15) is 8.42 Å². The van der Waals surface area contributed by atoms with Crippen LogP contribution in [0.1, 0.15) is 61.6 Å². The summed E-state index contributed by atoms with van der Waals surface area (Å²) in [6.07, 6.45) is 5.16. The van der Waals surface area contributed by atoms with E-state index in [2.05, 4.69) is 25.5 Å². The van der Waals surface area contributed by atoms with Crippen molar-refractivity contribution in [3.63, 3.8) is 0 Å². The monoisotopic (exact) mass is 514 g/mol. The number of piperidine rings is 1. The molecule has 0 spiro atoms. The summed E-state index contributed by atoms with van der Waals surface area (Å²) >= 11 is 0. The SMILES string of the molecule is COc1cccc(OC)c1-n1c(CS(=O)(=O)[C@@H](C)[C@H](C)c2ncc(C)cn2)nnc1C1CCNCC1. The summed E-state index contributed by atoms with van der Waals surface area (Å²) in [7, 11) is -0.499. The first-order valence-electron chi connectivity index (χ1n) is 12.1. The Balaban J connectivity index is 1.77. The minimum atomic E-state index is -3.66. The van der Waals surface area contributed by atoms with Gasteiger partial charge in [0, 0.05) is 24.2 Å². The van der Waals surface area contributed by atoms with Crippen molar-refractivity contribution in [3.8, 4) is 17.2 Å². The zero-order valence-electron chi connectivity index (χ0n) is 21.4. The maximum absolute atomic E-state index is 13.7. The molecule has 11 heteroatoms. The molecule has 0 amide bonds. The van der Waals surface area contributed by atoms with Crippen molar-refractivity contribution in [2.45, 2.75) is 56.5 Å². The average molecular weight is 515 g/mol. The van der Waals surface area contributed by atoms with Gasteiger partial charge >= 0.3 is 0 Å². The van der Waals surface area contributed by atoms with Crippen LogP contribution in [0, 0.1) is 6.92 Å². The second-order valence-electron chi connectivity index (χ2n) is 9.26. The smallest absolute Gasteiger partial charge is 0.160 e. The molecule has 3 aromatic rings. The fourth-order valence-corrected chi connectivity index (χ4v) is 6.09. The third-order valence-electron chi connectivity index (χ3n) is 6.89. The highest BCUT2D eigenvalue weighted by Crippen LogP contribution is 2.37. The molecule has 0 radical (unpaired) electrons. The van der Waals surface area contributed by atoms with Crippen LogP contribution in [0.2, 0.25) is 0 Å². The maximum Gasteiger partial charge on any atom is 0.160 e. The molecule has 10 nitrogen and oxygen atoms in total. The molecule has 3 heterocycles. The number of methoxy groups -OCH3 is 2. The minimum Gasteiger partial charge on any atom is -0.494 e. The summed E-state index contributed by atoms with van der Waals surface area (Å²) in [6.45, 7) is 7.15. The van der Waals surface area contributed by atoms with Crippen LogP contribution in [0.5, 0.6) is 11.5 Å². The summed E-state index contributed by atoms with van der Waals surface area (Å²) in [4.78, 5) is 8.70. The van der Waals surface area contributed by atoms with E-state index in [4.69, 9.17) is 9.47 Å². The van der Waals surface area contributed by atoms with Crippen molar-refractivity contribution >= 4 is 9.84 Å². The van der Waals surface area contributed by atoms with Gasteiger partial charge in [-0.3, -0.25) is 4.57 Å². The van der Waals surface area contributed by atoms with Gasteiger partial charge in [0.2, 0.25) is 0 Å². The first-order chi connectivity index (χ1) is 17.3. The second kappa shape index (κ2) is 10.9. The van der Waals surface area contributed by atoms with E-state index in [1.54, 1.807) is 33.5 Å². The molecule has 0 bridgehead atoms. The first kappa shape index (κ1) is 26.0. The molecule has 194 valence electrons. The molecule has 0 unspecified atom stereocenters. The summed E-state index contributed by atoms with van der Waals surface area (Å²) in [5.74, 6) is 2.10. The van der Waals surface area contributed by atoms with E-state index in [0.717, 1.165) is 31.5 Å². The number of nitrogens with one attached hydrogen (secondary N) is 1. The molecule has 1 N–H and O–H groups in total. The number of hydrogen-bond acceptors (Lipinski definition) is 9. The predicted octanol–water partition coefficient (Wildman–Crippen LogP) is 2.96. The Bertz CT molecular complexity index is 1260. The first-order valence-corrected chi connectivity index (χ1v) is 13.8. The molecule has 4 rings (SSSR count). The van der Waals surface area contributed by atoms with Crippen LogP contribution < -0.4 is 14.8 Å². The van der Waals surface area contributed by atoms with E-state index in [1.165, 1.54) is 0 Å². The second-order valence-corrected chi connectivity index (χ2v) is 11.6. The fraction of sp³-hybridized carbons (Fsp3) is 0.520. The highest BCUT2D eigenvalue weighted by Gasteiger charge is 2.34. The van der Waals surface area contributed by atoms with Gasteiger partial charge in [0.05, 0.1) is 19.5 Å². The molecule has 1 aliphatic heterocycles. The van der Waals surface area contributed by atoms with Crippen LogP contribution >= 0.6 is 0 Å². The summed E-state index contributed by atoms with van der Waals surface area (Å²) in [6, 6.07) is 5.47. The largest absolute Gasteiger partial charge is 0.494 e. The number of para-hydroxylation sites is 1. The number of rotatable bonds is 9. The topological polar surface area (TPSA) is 121 Å². The van der Waals surface area contributed by atoms with Crippen LogP contribution in [-0.2, 0) is 15.6 Å². The highest BCUT2D eigenvalue weighted by molar-refractivity contribution is 7.91. The molecule has 2 atom stereocenters. The molecule has 0 aliphatic carbocycles. The molecule has 1 fully saturated rings. The van der Waals surface area contributed by atoms with E-state index < -0.39 is 21.0 Å². The van der Waals surface area contributed by atoms with E-state index in [0.29, 0.717) is 34.7 Å². The molecular formula is C25H34N6O4S. The number of ether oxygens (including phenoxy) is 2. The van der Waals surface area contributed by atoms with Gasteiger partial charge in [0.15, 0.2) is 15.7 Å². The van der Waals surface area contributed by atoms with Crippen LogP contribution in [0.4, 0.5) is 0 Å². The summed E-state index contributed by atoms with van der Waals surface area (Å²) in [5.41, 5.74) is 1.53. The number of aromatic nitrogens is 5. The van der Waals surface area contributed by atoms with Crippen LogP contribution in [0.15, 0.2) is 30.6 Å². The van der Waals surface area contributed by atoms with Gasteiger partial charge in [0.25, 0.3) is 0 Å².